The minimum atomic E-state index is 0.475. The van der Waals surface area contributed by atoms with Crippen molar-refractivity contribution in [1.29, 1.82) is 0 Å². The topological polar surface area (TPSA) is 42.7 Å². The van der Waals surface area contributed by atoms with Crippen molar-refractivity contribution < 1.29 is 0 Å². The van der Waals surface area contributed by atoms with Gasteiger partial charge in [0.25, 0.3) is 0 Å². The average molecular weight is 250 g/mol. The number of rotatable bonds is 6. The van der Waals surface area contributed by atoms with Crippen molar-refractivity contribution in [3.8, 4) is 0 Å². The molecule has 17 heavy (non-hydrogen) atoms. The summed E-state index contributed by atoms with van der Waals surface area (Å²) in [7, 11) is 0. The van der Waals surface area contributed by atoms with Gasteiger partial charge in [-0.3, -0.25) is 4.68 Å². The van der Waals surface area contributed by atoms with E-state index in [1.165, 1.54) is 0 Å². The van der Waals surface area contributed by atoms with Gasteiger partial charge in [0, 0.05) is 42.6 Å². The normalized spacial score (nSPS) is 12.8. The molecular formula is C12H18N4S. The second-order valence-electron chi connectivity index (χ2n) is 4.22. The lowest BCUT2D eigenvalue weighted by Crippen LogP contribution is -2.26. The molecule has 0 amide bonds. The molecule has 0 aromatic carbocycles. The Balaban J connectivity index is 1.69. The Bertz CT molecular complexity index is 435. The summed E-state index contributed by atoms with van der Waals surface area (Å²) < 4.78 is 1.96. The van der Waals surface area contributed by atoms with Gasteiger partial charge in [0.15, 0.2) is 0 Å². The van der Waals surface area contributed by atoms with E-state index in [9.17, 15) is 0 Å². The van der Waals surface area contributed by atoms with Crippen molar-refractivity contribution in [2.24, 2.45) is 0 Å². The van der Waals surface area contributed by atoms with Crippen LogP contribution in [-0.2, 0) is 13.1 Å². The fraction of sp³-hybridized carbons (Fsp3) is 0.500. The van der Waals surface area contributed by atoms with Gasteiger partial charge in [0.1, 0.15) is 5.01 Å². The highest BCUT2D eigenvalue weighted by molar-refractivity contribution is 7.09. The minimum Gasteiger partial charge on any atom is -0.308 e. The first kappa shape index (κ1) is 12.3. The molecule has 0 radical (unpaired) electrons. The lowest BCUT2D eigenvalue weighted by atomic mass is 10.2. The number of aryl methyl sites for hydroxylation is 2. The van der Waals surface area contributed by atoms with E-state index >= 15 is 0 Å². The third-order valence-electron chi connectivity index (χ3n) is 2.62. The van der Waals surface area contributed by atoms with Gasteiger partial charge in [0.05, 0.1) is 0 Å². The summed E-state index contributed by atoms with van der Waals surface area (Å²) in [5.41, 5.74) is 1.11. The van der Waals surface area contributed by atoms with Gasteiger partial charge in [-0.1, -0.05) is 0 Å². The Morgan fingerprint density at radius 1 is 1.53 bits per heavy atom. The number of aromatic nitrogens is 3. The molecule has 0 saturated carbocycles. The van der Waals surface area contributed by atoms with Gasteiger partial charge in [-0.05, 0) is 26.3 Å². The van der Waals surface area contributed by atoms with Crippen LogP contribution in [0.4, 0.5) is 0 Å². The third kappa shape index (κ3) is 3.94. The standard InChI is InChI=1S/C12H18N4S/c1-10(4-7-16-6-3-5-14-16)13-8-12-15-11(2)9-17-12/h3,5-6,9-10,13H,4,7-8H2,1-2H3/t10-/m0/s1. The molecule has 0 fully saturated rings. The Hall–Kier alpha value is -1.20. The molecular weight excluding hydrogens is 232 g/mol. The predicted molar refractivity (Wildman–Crippen MR) is 70.0 cm³/mol. The van der Waals surface area contributed by atoms with Crippen molar-refractivity contribution in [1.82, 2.24) is 20.1 Å². The van der Waals surface area contributed by atoms with Crippen molar-refractivity contribution in [3.05, 3.63) is 34.5 Å². The smallest absolute Gasteiger partial charge is 0.107 e. The maximum absolute atomic E-state index is 4.43. The second kappa shape index (κ2) is 5.93. The first-order chi connectivity index (χ1) is 8.24. The van der Waals surface area contributed by atoms with Crippen molar-refractivity contribution in [3.63, 3.8) is 0 Å². The molecule has 92 valence electrons. The molecule has 0 aliphatic heterocycles. The number of hydrogen-bond donors (Lipinski definition) is 1. The van der Waals surface area contributed by atoms with E-state index in [1.807, 2.05) is 30.1 Å². The first-order valence-corrected chi connectivity index (χ1v) is 6.74. The highest BCUT2D eigenvalue weighted by atomic mass is 32.1. The van der Waals surface area contributed by atoms with Gasteiger partial charge in [-0.15, -0.1) is 11.3 Å². The summed E-state index contributed by atoms with van der Waals surface area (Å²) in [5, 5.41) is 10.9. The van der Waals surface area contributed by atoms with E-state index < -0.39 is 0 Å². The lowest BCUT2D eigenvalue weighted by Gasteiger charge is -2.12. The quantitative estimate of drug-likeness (QED) is 0.855. The summed E-state index contributed by atoms with van der Waals surface area (Å²) >= 11 is 1.72. The fourth-order valence-electron chi connectivity index (χ4n) is 1.61. The Morgan fingerprint density at radius 3 is 3.06 bits per heavy atom. The van der Waals surface area contributed by atoms with Crippen LogP contribution in [-0.4, -0.2) is 20.8 Å². The summed E-state index contributed by atoms with van der Waals surface area (Å²) in [4.78, 5) is 4.43. The molecule has 0 saturated heterocycles. The Morgan fingerprint density at radius 2 is 2.41 bits per heavy atom. The van der Waals surface area contributed by atoms with Crippen LogP contribution in [0, 0.1) is 6.92 Å². The van der Waals surface area contributed by atoms with Crippen LogP contribution < -0.4 is 5.32 Å². The lowest BCUT2D eigenvalue weighted by molar-refractivity contribution is 0.457. The monoisotopic (exact) mass is 250 g/mol. The van der Waals surface area contributed by atoms with Crippen molar-refractivity contribution in [2.45, 2.75) is 39.4 Å². The largest absolute Gasteiger partial charge is 0.308 e. The Kier molecular flexibility index (Phi) is 4.28. The van der Waals surface area contributed by atoms with Crippen LogP contribution in [0.3, 0.4) is 0 Å². The summed E-state index contributed by atoms with van der Waals surface area (Å²) in [6.07, 6.45) is 4.89. The van der Waals surface area contributed by atoms with Gasteiger partial charge in [-0.25, -0.2) is 4.98 Å². The zero-order valence-corrected chi connectivity index (χ0v) is 11.1. The van der Waals surface area contributed by atoms with Crippen molar-refractivity contribution in [2.75, 3.05) is 0 Å². The molecule has 1 N–H and O–H groups in total. The van der Waals surface area contributed by atoms with E-state index in [1.54, 1.807) is 11.3 Å². The van der Waals surface area contributed by atoms with E-state index in [0.717, 1.165) is 30.2 Å². The number of hydrogen-bond acceptors (Lipinski definition) is 4. The maximum Gasteiger partial charge on any atom is 0.107 e. The molecule has 2 aromatic rings. The van der Waals surface area contributed by atoms with Crippen LogP contribution in [0.25, 0.3) is 0 Å². The highest BCUT2D eigenvalue weighted by Crippen LogP contribution is 2.08. The molecule has 2 aromatic heterocycles. The predicted octanol–water partition coefficient (Wildman–Crippen LogP) is 2.22. The minimum absolute atomic E-state index is 0.475. The first-order valence-electron chi connectivity index (χ1n) is 5.86. The van der Waals surface area contributed by atoms with Crippen LogP contribution >= 0.6 is 11.3 Å². The number of nitrogens with zero attached hydrogens (tertiary/aromatic N) is 3. The van der Waals surface area contributed by atoms with Crippen LogP contribution in [0.15, 0.2) is 23.8 Å². The Labute approximate surface area is 106 Å². The molecule has 2 heterocycles. The van der Waals surface area contributed by atoms with E-state index in [-0.39, 0.29) is 0 Å². The van der Waals surface area contributed by atoms with Crippen LogP contribution in [0.5, 0.6) is 0 Å². The third-order valence-corrected chi connectivity index (χ3v) is 3.59. The van der Waals surface area contributed by atoms with E-state index in [0.29, 0.717) is 6.04 Å². The molecule has 0 aliphatic carbocycles. The van der Waals surface area contributed by atoms with E-state index in [4.69, 9.17) is 0 Å². The summed E-state index contributed by atoms with van der Waals surface area (Å²) in [5.74, 6) is 0. The van der Waals surface area contributed by atoms with Crippen LogP contribution in [0.2, 0.25) is 0 Å². The zero-order valence-electron chi connectivity index (χ0n) is 10.3. The molecule has 0 unspecified atom stereocenters. The molecule has 0 bridgehead atoms. The zero-order chi connectivity index (χ0) is 12.1. The molecule has 5 heteroatoms. The van der Waals surface area contributed by atoms with Gasteiger partial charge >= 0.3 is 0 Å². The van der Waals surface area contributed by atoms with Crippen LogP contribution in [0.1, 0.15) is 24.0 Å². The van der Waals surface area contributed by atoms with Gasteiger partial charge in [0.2, 0.25) is 0 Å². The highest BCUT2D eigenvalue weighted by Gasteiger charge is 2.04. The summed E-state index contributed by atoms with van der Waals surface area (Å²) in [6.45, 7) is 6.04. The number of nitrogens with one attached hydrogen (secondary N) is 1. The SMILES string of the molecule is Cc1csc(CN[C@@H](C)CCn2cccn2)n1. The average Bonchev–Trinajstić information content (AvgIpc) is 2.95. The molecule has 1 atom stereocenters. The fourth-order valence-corrected chi connectivity index (χ4v) is 2.33. The van der Waals surface area contributed by atoms with Crippen molar-refractivity contribution >= 4 is 11.3 Å². The molecule has 0 spiro atoms. The molecule has 0 aliphatic rings. The maximum atomic E-state index is 4.43. The summed E-state index contributed by atoms with van der Waals surface area (Å²) in [6, 6.07) is 2.43. The second-order valence-corrected chi connectivity index (χ2v) is 5.17. The van der Waals surface area contributed by atoms with Gasteiger partial charge < -0.3 is 5.32 Å². The molecule has 2 rings (SSSR count). The van der Waals surface area contributed by atoms with E-state index in [2.05, 4.69) is 27.7 Å². The number of thiazole rings is 1. The van der Waals surface area contributed by atoms with Gasteiger partial charge in [-0.2, -0.15) is 5.10 Å². The molecule has 4 nitrogen and oxygen atoms in total.